The summed E-state index contributed by atoms with van der Waals surface area (Å²) in [6.45, 7) is 4.00. The average Bonchev–Trinajstić information content (AvgIpc) is 2.62. The summed E-state index contributed by atoms with van der Waals surface area (Å²) in [6, 6.07) is 4.16. The lowest BCUT2D eigenvalue weighted by Crippen LogP contribution is -2.35. The van der Waals surface area contributed by atoms with Crippen molar-refractivity contribution in [3.05, 3.63) is 29.0 Å². The Morgan fingerprint density at radius 3 is 2.95 bits per heavy atom. The van der Waals surface area contributed by atoms with Gasteiger partial charge in [0, 0.05) is 18.8 Å². The van der Waals surface area contributed by atoms with E-state index in [0.717, 1.165) is 32.6 Å². The molecule has 1 aliphatic rings. The van der Waals surface area contributed by atoms with Gasteiger partial charge in [-0.05, 0) is 37.7 Å². The highest BCUT2D eigenvalue weighted by Gasteiger charge is 2.13. The van der Waals surface area contributed by atoms with Gasteiger partial charge in [0.2, 0.25) is 5.91 Å². The van der Waals surface area contributed by atoms with Crippen LogP contribution in [0.15, 0.2) is 18.2 Å². The summed E-state index contributed by atoms with van der Waals surface area (Å²) in [7, 11) is 0. The second kappa shape index (κ2) is 8.42. The monoisotopic (exact) mass is 321 g/mol. The van der Waals surface area contributed by atoms with Crippen LogP contribution in [0.5, 0.6) is 0 Å². The summed E-state index contributed by atoms with van der Waals surface area (Å²) < 4.78 is 13.0. The fourth-order valence-corrected chi connectivity index (χ4v) is 2.22. The largest absolute Gasteiger partial charge is 0.325 e. The zero-order chi connectivity index (χ0) is 13.7. The van der Waals surface area contributed by atoms with E-state index in [9.17, 15) is 9.18 Å². The maximum Gasteiger partial charge on any atom is 0.238 e. The van der Waals surface area contributed by atoms with E-state index in [1.165, 1.54) is 18.2 Å². The molecular weight excluding hydrogens is 304 g/mol. The molecule has 0 spiro atoms. The van der Waals surface area contributed by atoms with Gasteiger partial charge in [-0.25, -0.2) is 4.39 Å². The standard InChI is InChI=1S/C13H17ClFN3O.ClH/c14-11-8-10(2-3-12(11)15)17-13(19)9-18-6-1-4-16-5-7-18;/h2-3,8,16H,1,4-7,9H2,(H,17,19);1H. The molecule has 0 aliphatic carbocycles. The van der Waals surface area contributed by atoms with Crippen LogP contribution >= 0.6 is 24.0 Å². The number of hydrogen-bond acceptors (Lipinski definition) is 3. The van der Waals surface area contributed by atoms with Gasteiger partial charge in [-0.3, -0.25) is 9.69 Å². The van der Waals surface area contributed by atoms with Crippen molar-refractivity contribution in [3.63, 3.8) is 0 Å². The molecule has 2 rings (SSSR count). The molecule has 7 heteroatoms. The quantitative estimate of drug-likeness (QED) is 0.896. The number of hydrogen-bond donors (Lipinski definition) is 2. The summed E-state index contributed by atoms with van der Waals surface area (Å²) in [5, 5.41) is 6.02. The number of amides is 1. The van der Waals surface area contributed by atoms with Gasteiger partial charge in [0.25, 0.3) is 0 Å². The van der Waals surface area contributed by atoms with Crippen molar-refractivity contribution in [1.29, 1.82) is 0 Å². The average molecular weight is 322 g/mol. The lowest BCUT2D eigenvalue weighted by molar-refractivity contribution is -0.117. The Labute approximate surface area is 129 Å². The number of nitrogens with zero attached hydrogens (tertiary/aromatic N) is 1. The van der Waals surface area contributed by atoms with Gasteiger partial charge in [-0.15, -0.1) is 12.4 Å². The highest BCUT2D eigenvalue weighted by Crippen LogP contribution is 2.19. The number of anilines is 1. The fraction of sp³-hybridized carbons (Fsp3) is 0.462. The topological polar surface area (TPSA) is 44.4 Å². The number of benzene rings is 1. The highest BCUT2D eigenvalue weighted by atomic mass is 35.5. The number of rotatable bonds is 3. The van der Waals surface area contributed by atoms with Crippen LogP contribution in [-0.2, 0) is 4.79 Å². The summed E-state index contributed by atoms with van der Waals surface area (Å²) in [5.41, 5.74) is 0.518. The van der Waals surface area contributed by atoms with Crippen LogP contribution in [0.1, 0.15) is 6.42 Å². The molecule has 20 heavy (non-hydrogen) atoms. The summed E-state index contributed by atoms with van der Waals surface area (Å²) in [4.78, 5) is 14.0. The van der Waals surface area contributed by atoms with Crippen molar-refractivity contribution in [3.8, 4) is 0 Å². The smallest absolute Gasteiger partial charge is 0.238 e. The first-order valence-electron chi connectivity index (χ1n) is 6.33. The van der Waals surface area contributed by atoms with E-state index in [0.29, 0.717) is 12.2 Å². The molecule has 2 N–H and O–H groups in total. The molecule has 1 heterocycles. The van der Waals surface area contributed by atoms with E-state index in [2.05, 4.69) is 15.5 Å². The maximum atomic E-state index is 13.0. The molecule has 0 saturated carbocycles. The molecule has 0 unspecified atom stereocenters. The van der Waals surface area contributed by atoms with Crippen molar-refractivity contribution in [2.75, 3.05) is 38.0 Å². The minimum atomic E-state index is -0.488. The normalized spacial score (nSPS) is 16.1. The molecule has 1 fully saturated rings. The maximum absolute atomic E-state index is 13.0. The molecule has 0 aromatic heterocycles. The second-order valence-electron chi connectivity index (χ2n) is 4.56. The van der Waals surface area contributed by atoms with Crippen LogP contribution in [-0.4, -0.2) is 43.5 Å². The first-order valence-corrected chi connectivity index (χ1v) is 6.71. The van der Waals surface area contributed by atoms with E-state index in [-0.39, 0.29) is 23.3 Å². The molecule has 112 valence electrons. The second-order valence-corrected chi connectivity index (χ2v) is 4.96. The van der Waals surface area contributed by atoms with Crippen LogP contribution in [0.3, 0.4) is 0 Å². The molecular formula is C13H18Cl2FN3O. The van der Waals surface area contributed by atoms with Crippen molar-refractivity contribution in [1.82, 2.24) is 10.2 Å². The Morgan fingerprint density at radius 1 is 1.40 bits per heavy atom. The van der Waals surface area contributed by atoms with Gasteiger partial charge in [-0.2, -0.15) is 0 Å². The first kappa shape index (κ1) is 17.2. The molecule has 0 atom stereocenters. The van der Waals surface area contributed by atoms with E-state index >= 15 is 0 Å². The third kappa shape index (κ3) is 5.25. The van der Waals surface area contributed by atoms with Gasteiger partial charge >= 0.3 is 0 Å². The minimum Gasteiger partial charge on any atom is -0.325 e. The number of carbonyl (C=O) groups is 1. The summed E-state index contributed by atoms with van der Waals surface area (Å²) in [5.74, 6) is -0.595. The number of nitrogens with one attached hydrogen (secondary N) is 2. The molecule has 1 amide bonds. The zero-order valence-electron chi connectivity index (χ0n) is 11.0. The lowest BCUT2D eigenvalue weighted by atomic mass is 10.3. The molecule has 1 aliphatic heterocycles. The number of carbonyl (C=O) groups excluding carboxylic acids is 1. The molecule has 1 saturated heterocycles. The van der Waals surface area contributed by atoms with Crippen molar-refractivity contribution < 1.29 is 9.18 Å². The molecule has 4 nitrogen and oxygen atoms in total. The highest BCUT2D eigenvalue weighted by molar-refractivity contribution is 6.31. The first-order chi connectivity index (χ1) is 9.15. The van der Waals surface area contributed by atoms with E-state index < -0.39 is 5.82 Å². The van der Waals surface area contributed by atoms with Crippen LogP contribution in [0, 0.1) is 5.82 Å². The summed E-state index contributed by atoms with van der Waals surface area (Å²) in [6.07, 6.45) is 1.04. The fourth-order valence-electron chi connectivity index (χ4n) is 2.04. The Morgan fingerprint density at radius 2 is 2.20 bits per heavy atom. The van der Waals surface area contributed by atoms with E-state index in [1.54, 1.807) is 0 Å². The number of halogens is 3. The van der Waals surface area contributed by atoms with Crippen LogP contribution in [0.4, 0.5) is 10.1 Å². The van der Waals surface area contributed by atoms with Crippen LogP contribution in [0.2, 0.25) is 5.02 Å². The minimum absolute atomic E-state index is 0. The van der Waals surface area contributed by atoms with Crippen LogP contribution in [0.25, 0.3) is 0 Å². The van der Waals surface area contributed by atoms with Gasteiger partial charge in [0.15, 0.2) is 0 Å². The third-order valence-electron chi connectivity index (χ3n) is 3.00. The molecule has 0 radical (unpaired) electrons. The van der Waals surface area contributed by atoms with Crippen molar-refractivity contribution in [2.24, 2.45) is 0 Å². The molecule has 1 aromatic rings. The predicted molar refractivity (Wildman–Crippen MR) is 81.2 cm³/mol. The predicted octanol–water partition coefficient (Wildman–Crippen LogP) is 2.13. The lowest BCUT2D eigenvalue weighted by Gasteiger charge is -2.18. The summed E-state index contributed by atoms with van der Waals surface area (Å²) >= 11 is 5.67. The van der Waals surface area contributed by atoms with Crippen molar-refractivity contribution in [2.45, 2.75) is 6.42 Å². The van der Waals surface area contributed by atoms with E-state index in [4.69, 9.17) is 11.6 Å². The van der Waals surface area contributed by atoms with E-state index in [1.807, 2.05) is 0 Å². The van der Waals surface area contributed by atoms with Gasteiger partial charge in [0.1, 0.15) is 5.82 Å². The van der Waals surface area contributed by atoms with Crippen molar-refractivity contribution >= 4 is 35.6 Å². The van der Waals surface area contributed by atoms with Crippen LogP contribution < -0.4 is 10.6 Å². The zero-order valence-corrected chi connectivity index (χ0v) is 12.6. The Kier molecular flexibility index (Phi) is 7.23. The Bertz CT molecular complexity index is 451. The SMILES string of the molecule is Cl.O=C(CN1CCCNCC1)Nc1ccc(F)c(Cl)c1. The third-order valence-corrected chi connectivity index (χ3v) is 3.29. The molecule has 0 bridgehead atoms. The van der Waals surface area contributed by atoms with Gasteiger partial charge < -0.3 is 10.6 Å². The van der Waals surface area contributed by atoms with Gasteiger partial charge in [0.05, 0.1) is 11.6 Å². The van der Waals surface area contributed by atoms with Gasteiger partial charge in [-0.1, -0.05) is 11.6 Å². The Hall–Kier alpha value is -0.880. The molecule has 1 aromatic carbocycles. The Balaban J connectivity index is 0.00000200.